The second-order valence-corrected chi connectivity index (χ2v) is 11.2. The first-order valence-electron chi connectivity index (χ1n) is 11.4. The fourth-order valence-electron chi connectivity index (χ4n) is 4.25. The number of fused-ring (bicyclic) bond motifs is 2. The Morgan fingerprint density at radius 1 is 1.21 bits per heavy atom. The van der Waals surface area contributed by atoms with Crippen LogP contribution in [0.4, 0.5) is 0 Å². The summed E-state index contributed by atoms with van der Waals surface area (Å²) in [7, 11) is 0. The van der Waals surface area contributed by atoms with Crippen molar-refractivity contribution in [1.29, 1.82) is 0 Å². The molecule has 0 radical (unpaired) electrons. The van der Waals surface area contributed by atoms with E-state index in [1.807, 2.05) is 30.5 Å². The quantitative estimate of drug-likeness (QED) is 0.274. The van der Waals surface area contributed by atoms with Crippen LogP contribution in [0.2, 0.25) is 0 Å². The molecular formula is C26H30N2O3S2. The van der Waals surface area contributed by atoms with Gasteiger partial charge in [0.1, 0.15) is 6.04 Å². The number of thiophene rings is 1. The number of benzene rings is 2. The molecule has 4 aromatic rings. The Labute approximate surface area is 202 Å². The summed E-state index contributed by atoms with van der Waals surface area (Å²) in [5, 5.41) is 11.6. The molecule has 0 aliphatic heterocycles. The van der Waals surface area contributed by atoms with Crippen LogP contribution in [0, 0.1) is 6.92 Å². The Kier molecular flexibility index (Phi) is 7.44. The van der Waals surface area contributed by atoms with Gasteiger partial charge in [-0.05, 0) is 68.3 Å². The topological polar surface area (TPSA) is 68.5 Å². The van der Waals surface area contributed by atoms with Crippen LogP contribution in [0.5, 0.6) is 0 Å². The van der Waals surface area contributed by atoms with E-state index in [9.17, 15) is 14.5 Å². The van der Waals surface area contributed by atoms with Gasteiger partial charge in [-0.2, -0.15) is 0 Å². The summed E-state index contributed by atoms with van der Waals surface area (Å²) in [5.41, 5.74) is 3.27. The molecule has 0 spiro atoms. The van der Waals surface area contributed by atoms with Gasteiger partial charge in [0, 0.05) is 40.5 Å². The Morgan fingerprint density at radius 2 is 2.00 bits per heavy atom. The maximum Gasteiger partial charge on any atom is 0.326 e. The summed E-state index contributed by atoms with van der Waals surface area (Å²) in [6.45, 7) is 7.45. The van der Waals surface area contributed by atoms with Crippen molar-refractivity contribution < 1.29 is 14.5 Å². The van der Waals surface area contributed by atoms with Crippen molar-refractivity contribution in [2.45, 2.75) is 50.3 Å². The highest BCUT2D eigenvalue weighted by atomic mass is 32.2. The number of nitrogens with zero attached hydrogens (tertiary/aromatic N) is 2. The third-order valence-corrected chi connectivity index (χ3v) is 9.30. The van der Waals surface area contributed by atoms with E-state index >= 15 is 0 Å². The molecule has 2 heterocycles. The summed E-state index contributed by atoms with van der Waals surface area (Å²) in [6.07, 6.45) is 4.59. The minimum absolute atomic E-state index is 0.594. The first kappa shape index (κ1) is 23.8. The van der Waals surface area contributed by atoms with Crippen molar-refractivity contribution in [1.82, 2.24) is 8.87 Å². The van der Waals surface area contributed by atoms with Crippen molar-refractivity contribution >= 4 is 49.7 Å². The van der Waals surface area contributed by atoms with Gasteiger partial charge in [0.25, 0.3) is 0 Å². The molecule has 2 aromatic heterocycles. The minimum atomic E-state index is -1.16. The van der Waals surface area contributed by atoms with Crippen LogP contribution in [0.3, 0.4) is 0 Å². The molecule has 4 rings (SSSR count). The first-order chi connectivity index (χ1) is 15.9. The first-order valence-corrected chi connectivity index (χ1v) is 13.3. The normalized spacial score (nSPS) is 13.7. The van der Waals surface area contributed by atoms with Gasteiger partial charge in [-0.25, -0.2) is 4.79 Å². The summed E-state index contributed by atoms with van der Waals surface area (Å²) < 4.78 is 19.5. The highest BCUT2D eigenvalue weighted by molar-refractivity contribution is 7.91. The third kappa shape index (κ3) is 4.96. The average molecular weight is 483 g/mol. The van der Waals surface area contributed by atoms with E-state index in [-0.39, 0.29) is 0 Å². The lowest BCUT2D eigenvalue weighted by Crippen LogP contribution is -2.33. The Bertz CT molecular complexity index is 1260. The molecule has 2 aromatic carbocycles. The summed E-state index contributed by atoms with van der Waals surface area (Å²) >= 11 is 0.479. The Balaban J connectivity index is 1.44. The SMILES string of the molecule is CCCN(CCCc1ccc2c(ccn2C(C)C(=O)O)c1)[S+]([O-])c1sc2ccccc2c1C. The number of aromatic nitrogens is 1. The monoisotopic (exact) mass is 482 g/mol. The van der Waals surface area contributed by atoms with E-state index in [1.165, 1.54) is 15.6 Å². The number of aliphatic carboxylic acids is 1. The van der Waals surface area contributed by atoms with Crippen molar-refractivity contribution in [2.24, 2.45) is 0 Å². The van der Waals surface area contributed by atoms with Gasteiger partial charge in [0.05, 0.1) is 11.4 Å². The van der Waals surface area contributed by atoms with Crippen molar-refractivity contribution in [2.75, 3.05) is 13.1 Å². The maximum atomic E-state index is 13.5. The van der Waals surface area contributed by atoms with Crippen LogP contribution in [0.1, 0.15) is 43.9 Å². The minimum Gasteiger partial charge on any atom is -0.592 e. The maximum absolute atomic E-state index is 13.5. The highest BCUT2D eigenvalue weighted by Crippen LogP contribution is 2.35. The second-order valence-electron chi connectivity index (χ2n) is 8.42. The smallest absolute Gasteiger partial charge is 0.326 e. The molecule has 174 valence electrons. The van der Waals surface area contributed by atoms with E-state index in [2.05, 4.69) is 42.4 Å². The Morgan fingerprint density at radius 3 is 2.73 bits per heavy atom. The number of aryl methyl sites for hydroxylation is 2. The van der Waals surface area contributed by atoms with E-state index in [0.717, 1.165) is 53.0 Å². The molecular weight excluding hydrogens is 452 g/mol. The fourth-order valence-corrected chi connectivity index (χ4v) is 7.31. The van der Waals surface area contributed by atoms with Crippen LogP contribution in [-0.2, 0) is 22.6 Å². The van der Waals surface area contributed by atoms with Gasteiger partial charge in [0.2, 0.25) is 4.21 Å². The molecule has 0 saturated heterocycles. The van der Waals surface area contributed by atoms with Crippen molar-refractivity contribution in [3.63, 3.8) is 0 Å². The van der Waals surface area contributed by atoms with E-state index in [4.69, 9.17) is 0 Å². The fraction of sp³-hybridized carbons (Fsp3) is 0.346. The highest BCUT2D eigenvalue weighted by Gasteiger charge is 2.27. The number of carboxylic acids is 1. The predicted molar refractivity (Wildman–Crippen MR) is 137 cm³/mol. The van der Waals surface area contributed by atoms with Crippen LogP contribution in [0.15, 0.2) is 58.9 Å². The van der Waals surface area contributed by atoms with Crippen LogP contribution in [0.25, 0.3) is 21.0 Å². The molecule has 5 nitrogen and oxygen atoms in total. The number of hydrogen-bond donors (Lipinski definition) is 1. The van der Waals surface area contributed by atoms with Gasteiger partial charge in [-0.15, -0.1) is 4.31 Å². The van der Waals surface area contributed by atoms with Crippen LogP contribution in [-0.4, -0.2) is 37.6 Å². The standard InChI is InChI=1S/C26H30N2O3S2/c1-4-14-27(33(31)26-18(2)22-9-5-6-10-24(22)32-26)15-7-8-20-11-12-23-21(17-20)13-16-28(23)19(3)25(29)30/h5-6,9-13,16-17,19H,4,7-8,14-15H2,1-3H3,(H,29,30). The molecule has 0 aliphatic rings. The number of carbonyl (C=O) groups is 1. The molecule has 7 heteroatoms. The van der Waals surface area contributed by atoms with Crippen molar-refractivity contribution in [3.8, 4) is 0 Å². The zero-order chi connectivity index (χ0) is 23.5. The number of rotatable bonds is 10. The molecule has 33 heavy (non-hydrogen) atoms. The van der Waals surface area contributed by atoms with Crippen LogP contribution >= 0.6 is 11.3 Å². The summed E-state index contributed by atoms with van der Waals surface area (Å²) in [4.78, 5) is 11.3. The lowest BCUT2D eigenvalue weighted by molar-refractivity contribution is -0.140. The summed E-state index contributed by atoms with van der Waals surface area (Å²) in [6, 6.07) is 15.9. The molecule has 0 fully saturated rings. The van der Waals surface area contributed by atoms with Gasteiger partial charge in [-0.3, -0.25) is 0 Å². The second kappa shape index (κ2) is 10.3. The van der Waals surface area contributed by atoms with Gasteiger partial charge >= 0.3 is 5.97 Å². The summed E-state index contributed by atoms with van der Waals surface area (Å²) in [5.74, 6) is -0.838. The third-order valence-electron chi connectivity index (χ3n) is 6.10. The van der Waals surface area contributed by atoms with Gasteiger partial charge in [0.15, 0.2) is 0 Å². The van der Waals surface area contributed by atoms with E-state index in [0.29, 0.717) is 0 Å². The largest absolute Gasteiger partial charge is 0.592 e. The lowest BCUT2D eigenvalue weighted by atomic mass is 10.1. The zero-order valence-corrected chi connectivity index (χ0v) is 20.9. The van der Waals surface area contributed by atoms with Crippen molar-refractivity contribution in [3.05, 3.63) is 65.9 Å². The molecule has 2 atom stereocenters. The van der Waals surface area contributed by atoms with Gasteiger partial charge < -0.3 is 14.2 Å². The van der Waals surface area contributed by atoms with E-state index in [1.54, 1.807) is 22.8 Å². The molecule has 2 unspecified atom stereocenters. The Hall–Kier alpha value is -2.32. The molecule has 0 saturated carbocycles. The van der Waals surface area contributed by atoms with Gasteiger partial charge in [-0.1, -0.05) is 42.5 Å². The van der Waals surface area contributed by atoms with E-state index < -0.39 is 23.4 Å². The average Bonchev–Trinajstić information content (AvgIpc) is 3.38. The lowest BCUT2D eigenvalue weighted by Gasteiger charge is -2.23. The molecule has 0 amide bonds. The van der Waals surface area contributed by atoms with Crippen LogP contribution < -0.4 is 0 Å². The molecule has 0 aliphatic carbocycles. The predicted octanol–water partition coefficient (Wildman–Crippen LogP) is 6.18. The number of carboxylic acid groups (broad SMARTS) is 1. The zero-order valence-electron chi connectivity index (χ0n) is 19.3. The number of hydrogen-bond acceptors (Lipinski definition) is 4. The molecule has 1 N–H and O–H groups in total. The molecule has 0 bridgehead atoms.